The Morgan fingerprint density at radius 3 is 2.60 bits per heavy atom. The first kappa shape index (κ1) is 14.3. The van der Waals surface area contributed by atoms with E-state index in [0.717, 1.165) is 4.47 Å². The minimum Gasteiger partial charge on any atom is -0.497 e. The molecule has 0 unspecified atom stereocenters. The zero-order chi connectivity index (χ0) is 14.5. The smallest absolute Gasteiger partial charge is 0.274 e. The van der Waals surface area contributed by atoms with Crippen LogP contribution in [-0.2, 0) is 0 Å². The summed E-state index contributed by atoms with van der Waals surface area (Å²) >= 11 is 3.27. The first-order valence-corrected chi connectivity index (χ1v) is 6.58. The van der Waals surface area contributed by atoms with E-state index in [-0.39, 0.29) is 5.91 Å². The highest BCUT2D eigenvalue weighted by Crippen LogP contribution is 2.29. The van der Waals surface area contributed by atoms with Crippen LogP contribution in [-0.4, -0.2) is 25.1 Å². The van der Waals surface area contributed by atoms with Crippen LogP contribution < -0.4 is 14.8 Å². The molecule has 0 bridgehead atoms. The van der Waals surface area contributed by atoms with Gasteiger partial charge in [-0.1, -0.05) is 0 Å². The van der Waals surface area contributed by atoms with Crippen molar-refractivity contribution in [3.8, 4) is 11.5 Å². The van der Waals surface area contributed by atoms with E-state index in [1.54, 1.807) is 43.6 Å². The minimum atomic E-state index is -0.316. The summed E-state index contributed by atoms with van der Waals surface area (Å²) in [6.45, 7) is 0. The molecule has 0 aliphatic rings. The Hall–Kier alpha value is -2.08. The predicted octanol–water partition coefficient (Wildman–Crippen LogP) is 3.11. The van der Waals surface area contributed by atoms with Crippen LogP contribution in [0.3, 0.4) is 0 Å². The van der Waals surface area contributed by atoms with Crippen LogP contribution in [0.5, 0.6) is 11.5 Å². The first-order chi connectivity index (χ1) is 9.63. The number of benzene rings is 1. The normalized spacial score (nSPS) is 9.95. The van der Waals surface area contributed by atoms with Gasteiger partial charge in [-0.05, 0) is 40.2 Å². The number of nitrogens with one attached hydrogen (secondary N) is 1. The summed E-state index contributed by atoms with van der Waals surface area (Å²) in [6.07, 6.45) is 1.57. The van der Waals surface area contributed by atoms with Crippen LogP contribution in [0.15, 0.2) is 41.0 Å². The third-order valence-electron chi connectivity index (χ3n) is 2.61. The average Bonchev–Trinajstić information content (AvgIpc) is 2.47. The summed E-state index contributed by atoms with van der Waals surface area (Å²) in [7, 11) is 3.10. The standard InChI is InChI=1S/C14H13BrN2O3/c1-19-10-4-6-13(20-2)12(7-10)17-14(18)11-5-3-9(15)8-16-11/h3-8H,1-2H3,(H,17,18). The van der Waals surface area contributed by atoms with Crippen molar-refractivity contribution in [1.29, 1.82) is 0 Å². The number of amides is 1. The summed E-state index contributed by atoms with van der Waals surface area (Å²) < 4.78 is 11.1. The van der Waals surface area contributed by atoms with Crippen molar-refractivity contribution in [1.82, 2.24) is 4.98 Å². The second-order valence-corrected chi connectivity index (χ2v) is 4.80. The molecule has 2 rings (SSSR count). The zero-order valence-corrected chi connectivity index (χ0v) is 12.6. The molecular formula is C14H13BrN2O3. The topological polar surface area (TPSA) is 60.5 Å². The monoisotopic (exact) mass is 336 g/mol. The Kier molecular flexibility index (Phi) is 4.57. The van der Waals surface area contributed by atoms with Crippen molar-refractivity contribution in [3.63, 3.8) is 0 Å². The fourth-order valence-corrected chi connectivity index (χ4v) is 1.84. The van der Waals surface area contributed by atoms with Crippen molar-refractivity contribution in [3.05, 3.63) is 46.7 Å². The Labute approximate surface area is 125 Å². The van der Waals surface area contributed by atoms with Gasteiger partial charge in [0.15, 0.2) is 0 Å². The van der Waals surface area contributed by atoms with E-state index in [0.29, 0.717) is 22.9 Å². The molecule has 2 aromatic rings. The number of rotatable bonds is 4. The molecule has 1 N–H and O–H groups in total. The molecule has 0 saturated heterocycles. The third-order valence-corrected chi connectivity index (χ3v) is 3.08. The Morgan fingerprint density at radius 2 is 2.00 bits per heavy atom. The maximum absolute atomic E-state index is 12.1. The summed E-state index contributed by atoms with van der Waals surface area (Å²) in [5, 5.41) is 2.75. The molecule has 0 radical (unpaired) electrons. The van der Waals surface area contributed by atoms with Gasteiger partial charge in [-0.2, -0.15) is 0 Å². The van der Waals surface area contributed by atoms with Gasteiger partial charge in [0.1, 0.15) is 17.2 Å². The van der Waals surface area contributed by atoms with Crippen molar-refractivity contribution in [2.24, 2.45) is 0 Å². The van der Waals surface area contributed by atoms with Crippen LogP contribution in [0.4, 0.5) is 5.69 Å². The molecule has 0 atom stereocenters. The molecule has 0 saturated carbocycles. The number of anilines is 1. The molecule has 1 heterocycles. The molecule has 0 fully saturated rings. The van der Waals surface area contributed by atoms with Gasteiger partial charge in [0.2, 0.25) is 0 Å². The Morgan fingerprint density at radius 1 is 1.20 bits per heavy atom. The Balaban J connectivity index is 2.24. The van der Waals surface area contributed by atoms with E-state index in [9.17, 15) is 4.79 Å². The van der Waals surface area contributed by atoms with E-state index < -0.39 is 0 Å². The molecule has 1 amide bonds. The molecule has 1 aromatic heterocycles. The summed E-state index contributed by atoms with van der Waals surface area (Å²) in [5.74, 6) is 0.866. The highest BCUT2D eigenvalue weighted by molar-refractivity contribution is 9.10. The van der Waals surface area contributed by atoms with Crippen LogP contribution in [0.25, 0.3) is 0 Å². The lowest BCUT2D eigenvalue weighted by Gasteiger charge is -2.11. The molecule has 104 valence electrons. The second-order valence-electron chi connectivity index (χ2n) is 3.88. The summed E-state index contributed by atoms with van der Waals surface area (Å²) in [5.41, 5.74) is 0.847. The molecule has 0 spiro atoms. The summed E-state index contributed by atoms with van der Waals surface area (Å²) in [4.78, 5) is 16.1. The van der Waals surface area contributed by atoms with E-state index in [4.69, 9.17) is 9.47 Å². The van der Waals surface area contributed by atoms with Gasteiger partial charge in [-0.25, -0.2) is 4.98 Å². The zero-order valence-electron chi connectivity index (χ0n) is 11.0. The first-order valence-electron chi connectivity index (χ1n) is 5.79. The van der Waals surface area contributed by atoms with Crippen molar-refractivity contribution in [2.45, 2.75) is 0 Å². The number of ether oxygens (including phenoxy) is 2. The molecule has 20 heavy (non-hydrogen) atoms. The molecule has 5 nitrogen and oxygen atoms in total. The van der Waals surface area contributed by atoms with Crippen LogP contribution >= 0.6 is 15.9 Å². The lowest BCUT2D eigenvalue weighted by molar-refractivity contribution is 0.102. The maximum Gasteiger partial charge on any atom is 0.274 e. The number of carbonyl (C=O) groups excluding carboxylic acids is 1. The number of hydrogen-bond acceptors (Lipinski definition) is 4. The van der Waals surface area contributed by atoms with Crippen LogP contribution in [0.2, 0.25) is 0 Å². The maximum atomic E-state index is 12.1. The lowest BCUT2D eigenvalue weighted by Crippen LogP contribution is -2.14. The molecule has 1 aromatic carbocycles. The highest BCUT2D eigenvalue weighted by Gasteiger charge is 2.11. The number of nitrogens with zero attached hydrogens (tertiary/aromatic N) is 1. The second kappa shape index (κ2) is 6.38. The SMILES string of the molecule is COc1ccc(OC)c(NC(=O)c2ccc(Br)cn2)c1. The van der Waals surface area contributed by atoms with Gasteiger partial charge in [0.05, 0.1) is 19.9 Å². The number of aromatic nitrogens is 1. The average molecular weight is 337 g/mol. The quantitative estimate of drug-likeness (QED) is 0.931. The fraction of sp³-hybridized carbons (Fsp3) is 0.143. The van der Waals surface area contributed by atoms with E-state index in [1.807, 2.05) is 0 Å². The third kappa shape index (κ3) is 3.27. The molecule has 0 aliphatic heterocycles. The molecule has 6 heteroatoms. The number of pyridine rings is 1. The Bertz CT molecular complexity index is 614. The predicted molar refractivity (Wildman–Crippen MR) is 79.4 cm³/mol. The number of carbonyl (C=O) groups is 1. The molecule has 0 aliphatic carbocycles. The lowest BCUT2D eigenvalue weighted by atomic mass is 10.2. The van der Waals surface area contributed by atoms with Gasteiger partial charge in [-0.15, -0.1) is 0 Å². The fourth-order valence-electron chi connectivity index (χ4n) is 1.61. The van der Waals surface area contributed by atoms with Gasteiger partial charge in [0, 0.05) is 16.7 Å². The van der Waals surface area contributed by atoms with Gasteiger partial charge >= 0.3 is 0 Å². The largest absolute Gasteiger partial charge is 0.497 e. The van der Waals surface area contributed by atoms with E-state index in [1.165, 1.54) is 7.11 Å². The minimum absolute atomic E-state index is 0.316. The van der Waals surface area contributed by atoms with Crippen LogP contribution in [0, 0.1) is 0 Å². The van der Waals surface area contributed by atoms with Crippen molar-refractivity contribution >= 4 is 27.5 Å². The number of methoxy groups -OCH3 is 2. The summed E-state index contributed by atoms with van der Waals surface area (Å²) in [6, 6.07) is 8.56. The van der Waals surface area contributed by atoms with Crippen molar-refractivity contribution in [2.75, 3.05) is 19.5 Å². The van der Waals surface area contributed by atoms with Gasteiger partial charge in [0.25, 0.3) is 5.91 Å². The van der Waals surface area contributed by atoms with Crippen molar-refractivity contribution < 1.29 is 14.3 Å². The van der Waals surface area contributed by atoms with Crippen LogP contribution in [0.1, 0.15) is 10.5 Å². The molecular weight excluding hydrogens is 324 g/mol. The van der Waals surface area contributed by atoms with Gasteiger partial charge in [-0.3, -0.25) is 4.79 Å². The highest BCUT2D eigenvalue weighted by atomic mass is 79.9. The number of hydrogen-bond donors (Lipinski definition) is 1. The van der Waals surface area contributed by atoms with E-state index in [2.05, 4.69) is 26.2 Å². The number of halogens is 1. The van der Waals surface area contributed by atoms with Gasteiger partial charge < -0.3 is 14.8 Å². The van der Waals surface area contributed by atoms with E-state index >= 15 is 0 Å².